The quantitative estimate of drug-likeness (QED) is 0.131. The maximum Gasteiger partial charge on any atom is 0.192 e. The van der Waals surface area contributed by atoms with Crippen molar-refractivity contribution in [2.24, 2.45) is 5.92 Å². The fourth-order valence-electron chi connectivity index (χ4n) is 4.76. The van der Waals surface area contributed by atoms with Gasteiger partial charge in [0.2, 0.25) is 0 Å². The minimum absolute atomic E-state index is 0.0194. The highest BCUT2D eigenvalue weighted by Crippen LogP contribution is 2.39. The Morgan fingerprint density at radius 1 is 0.744 bits per heavy atom. The number of aliphatic hydroxyl groups is 2. The summed E-state index contributed by atoms with van der Waals surface area (Å²) in [6, 6.07) is 10.4. The van der Waals surface area contributed by atoms with Crippen LogP contribution in [-0.4, -0.2) is 57.9 Å². The summed E-state index contributed by atoms with van der Waals surface area (Å²) in [4.78, 5) is 0. The maximum absolute atomic E-state index is 10.8. The van der Waals surface area contributed by atoms with Crippen molar-refractivity contribution in [3.8, 4) is 0 Å². The molecule has 0 aliphatic rings. The van der Waals surface area contributed by atoms with Crippen LogP contribution < -0.4 is 0 Å². The molecule has 0 amide bonds. The molecular weight excluding hydrogens is 569 g/mol. The Labute approximate surface area is 268 Å². The molecule has 1 aromatic rings. The Hall–Kier alpha value is -0.546. The van der Waals surface area contributed by atoms with E-state index < -0.39 is 28.8 Å². The van der Waals surface area contributed by atoms with Gasteiger partial charge in [-0.2, -0.15) is 0 Å². The molecule has 43 heavy (non-hydrogen) atoms. The second-order valence-electron chi connectivity index (χ2n) is 16.1. The molecule has 5 nitrogen and oxygen atoms in total. The molecule has 5 atom stereocenters. The van der Waals surface area contributed by atoms with Crippen molar-refractivity contribution >= 4 is 16.6 Å². The third-order valence-corrected chi connectivity index (χ3v) is 19.2. The number of benzene rings is 1. The van der Waals surface area contributed by atoms with E-state index in [9.17, 15) is 10.2 Å². The fraction of sp³-hybridized carbons (Fsp3) is 0.833. The van der Waals surface area contributed by atoms with Crippen molar-refractivity contribution in [1.82, 2.24) is 0 Å². The van der Waals surface area contributed by atoms with Crippen LogP contribution in [0.3, 0.4) is 0 Å². The van der Waals surface area contributed by atoms with Gasteiger partial charge in [0, 0.05) is 12.7 Å². The third-order valence-electron chi connectivity index (χ3n) is 10.1. The molecule has 2 N–H and O–H groups in total. The molecule has 1 aromatic carbocycles. The molecule has 0 aliphatic carbocycles. The van der Waals surface area contributed by atoms with Crippen molar-refractivity contribution in [3.63, 3.8) is 0 Å². The molecular formula is C36H70O5Si2. The van der Waals surface area contributed by atoms with E-state index >= 15 is 0 Å². The zero-order valence-corrected chi connectivity index (χ0v) is 32.2. The highest BCUT2D eigenvalue weighted by atomic mass is 28.4. The largest absolute Gasteiger partial charge is 0.417 e. The molecule has 0 bridgehead atoms. The first-order valence-electron chi connectivity index (χ1n) is 17.1. The van der Waals surface area contributed by atoms with Gasteiger partial charge in [0.1, 0.15) is 0 Å². The van der Waals surface area contributed by atoms with Crippen LogP contribution in [0, 0.1) is 5.92 Å². The lowest BCUT2D eigenvalue weighted by atomic mass is 9.92. The molecule has 0 spiro atoms. The smallest absolute Gasteiger partial charge is 0.192 e. The summed E-state index contributed by atoms with van der Waals surface area (Å²) >= 11 is 0. The Kier molecular flexibility index (Phi) is 17.5. The summed E-state index contributed by atoms with van der Waals surface area (Å²) in [5.41, 5.74) is 1.18. The van der Waals surface area contributed by atoms with E-state index in [1.807, 2.05) is 6.07 Å². The molecule has 0 heterocycles. The van der Waals surface area contributed by atoms with Crippen LogP contribution >= 0.6 is 0 Å². The molecule has 1 rings (SSSR count). The molecule has 0 radical (unpaired) electrons. The van der Waals surface area contributed by atoms with Gasteiger partial charge in [-0.05, 0) is 92.7 Å². The summed E-state index contributed by atoms with van der Waals surface area (Å²) in [5.74, 6) is 0.223. The maximum atomic E-state index is 10.8. The van der Waals surface area contributed by atoms with Gasteiger partial charge in [-0.15, -0.1) is 0 Å². The Morgan fingerprint density at radius 3 is 1.91 bits per heavy atom. The van der Waals surface area contributed by atoms with Crippen LogP contribution in [0.4, 0.5) is 0 Å². The van der Waals surface area contributed by atoms with E-state index in [1.54, 1.807) is 0 Å². The van der Waals surface area contributed by atoms with Crippen molar-refractivity contribution in [3.05, 3.63) is 35.9 Å². The number of rotatable bonds is 21. The standard InChI is InChI=1S/C36H70O5Si2/c1-13-14-19-29(2)34(38)26-31(37)22-18-23-33(41-43(11,12)36(6,7)8)27-32(39-28-30-20-16-15-17-21-30)24-25-40-42(9,10)35(3,4)5/h15-17,20-21,29,31-34,37-38H,13-14,18-19,22-28H2,1-12H3/t29-,31+,32-,33-,34+/m0/s1. The summed E-state index contributed by atoms with van der Waals surface area (Å²) in [5, 5.41) is 21.7. The Bertz CT molecular complexity index is 863. The minimum atomic E-state index is -2.02. The lowest BCUT2D eigenvalue weighted by Gasteiger charge is -2.40. The van der Waals surface area contributed by atoms with Crippen molar-refractivity contribution < 1.29 is 23.8 Å². The van der Waals surface area contributed by atoms with Crippen molar-refractivity contribution in [2.45, 2.75) is 180 Å². The van der Waals surface area contributed by atoms with Gasteiger partial charge < -0.3 is 23.8 Å². The molecule has 0 saturated heterocycles. The number of aliphatic hydroxyl groups excluding tert-OH is 2. The zero-order valence-electron chi connectivity index (χ0n) is 30.2. The zero-order chi connectivity index (χ0) is 32.9. The topological polar surface area (TPSA) is 68.2 Å². The summed E-state index contributed by atoms with van der Waals surface area (Å²) < 4.78 is 20.2. The summed E-state index contributed by atoms with van der Waals surface area (Å²) in [6.45, 7) is 28.5. The summed E-state index contributed by atoms with van der Waals surface area (Å²) in [7, 11) is -3.87. The highest BCUT2D eigenvalue weighted by Gasteiger charge is 2.40. The second kappa shape index (κ2) is 18.6. The van der Waals surface area contributed by atoms with Gasteiger partial charge in [0.05, 0.1) is 24.9 Å². The number of ether oxygens (including phenoxy) is 1. The van der Waals surface area contributed by atoms with Crippen LogP contribution in [-0.2, 0) is 20.2 Å². The number of hydrogen-bond acceptors (Lipinski definition) is 5. The van der Waals surface area contributed by atoms with Crippen molar-refractivity contribution in [2.75, 3.05) is 6.61 Å². The van der Waals surface area contributed by atoms with Crippen LogP contribution in [0.1, 0.15) is 119 Å². The molecule has 0 aromatic heterocycles. The van der Waals surface area contributed by atoms with Gasteiger partial charge in [-0.3, -0.25) is 0 Å². The SMILES string of the molecule is CCCC[C@H](C)[C@H](O)C[C@H](O)CCC[C@@H](C[C@H](CCO[Si](C)(C)C(C)(C)C)OCc1ccccc1)O[Si](C)(C)C(C)(C)C. The Morgan fingerprint density at radius 2 is 1.35 bits per heavy atom. The minimum Gasteiger partial charge on any atom is -0.417 e. The Balaban J connectivity index is 2.98. The predicted octanol–water partition coefficient (Wildman–Crippen LogP) is 9.87. The monoisotopic (exact) mass is 638 g/mol. The molecule has 0 fully saturated rings. The first-order valence-corrected chi connectivity index (χ1v) is 22.9. The first-order chi connectivity index (χ1) is 19.8. The predicted molar refractivity (Wildman–Crippen MR) is 189 cm³/mol. The van der Waals surface area contributed by atoms with Gasteiger partial charge in [0.15, 0.2) is 16.6 Å². The lowest BCUT2D eigenvalue weighted by Crippen LogP contribution is -2.45. The van der Waals surface area contributed by atoms with Gasteiger partial charge in [0.25, 0.3) is 0 Å². The summed E-state index contributed by atoms with van der Waals surface area (Å²) in [6.07, 6.45) is 6.91. The molecule has 0 unspecified atom stereocenters. The normalized spacial score (nSPS) is 17.0. The molecule has 0 saturated carbocycles. The van der Waals surface area contributed by atoms with Crippen LogP contribution in [0.15, 0.2) is 30.3 Å². The average Bonchev–Trinajstić information content (AvgIpc) is 2.89. The first kappa shape index (κ1) is 40.5. The van der Waals surface area contributed by atoms with E-state index in [0.717, 1.165) is 44.9 Å². The van der Waals surface area contributed by atoms with E-state index in [1.165, 1.54) is 5.56 Å². The molecule has 7 heteroatoms. The van der Waals surface area contributed by atoms with Gasteiger partial charge in [-0.1, -0.05) is 98.6 Å². The van der Waals surface area contributed by atoms with E-state index in [4.69, 9.17) is 13.6 Å². The van der Waals surface area contributed by atoms with E-state index in [0.29, 0.717) is 26.1 Å². The van der Waals surface area contributed by atoms with Crippen molar-refractivity contribution in [1.29, 1.82) is 0 Å². The second-order valence-corrected chi connectivity index (χ2v) is 25.6. The molecule has 0 aliphatic heterocycles. The number of hydrogen-bond donors (Lipinski definition) is 2. The lowest BCUT2D eigenvalue weighted by molar-refractivity contribution is -0.00797. The number of unbranched alkanes of at least 4 members (excludes halogenated alkanes) is 1. The van der Waals surface area contributed by atoms with Crippen LogP contribution in [0.5, 0.6) is 0 Å². The highest BCUT2D eigenvalue weighted by molar-refractivity contribution is 6.74. The van der Waals surface area contributed by atoms with Gasteiger partial charge >= 0.3 is 0 Å². The average molecular weight is 639 g/mol. The van der Waals surface area contributed by atoms with Crippen LogP contribution in [0.2, 0.25) is 36.3 Å². The third kappa shape index (κ3) is 15.5. The van der Waals surface area contributed by atoms with E-state index in [-0.39, 0.29) is 28.2 Å². The van der Waals surface area contributed by atoms with E-state index in [2.05, 4.69) is 106 Å². The fourth-order valence-corrected chi connectivity index (χ4v) is 7.22. The van der Waals surface area contributed by atoms with Gasteiger partial charge in [-0.25, -0.2) is 0 Å². The molecule has 252 valence electrons. The van der Waals surface area contributed by atoms with Crippen LogP contribution in [0.25, 0.3) is 0 Å².